The van der Waals surface area contributed by atoms with Gasteiger partial charge in [-0.3, -0.25) is 0 Å². The first-order valence-electron chi connectivity index (χ1n) is 4.49. The number of benzene rings is 1. The van der Waals surface area contributed by atoms with Gasteiger partial charge in [0.25, 0.3) is 0 Å². The molecule has 1 atom stereocenters. The SMILES string of the molecule is Cc1cc(F)c2c(c1F)C[C@H](O)CN2. The van der Waals surface area contributed by atoms with Crippen LogP contribution < -0.4 is 5.32 Å². The van der Waals surface area contributed by atoms with Gasteiger partial charge in [0.2, 0.25) is 0 Å². The molecule has 1 aliphatic rings. The number of rotatable bonds is 0. The summed E-state index contributed by atoms with van der Waals surface area (Å²) in [6, 6.07) is 1.17. The fraction of sp³-hybridized carbons (Fsp3) is 0.400. The van der Waals surface area contributed by atoms with Crippen molar-refractivity contribution in [1.29, 1.82) is 0 Å². The fourth-order valence-corrected chi connectivity index (χ4v) is 1.73. The molecule has 4 heteroatoms. The Balaban J connectivity index is 2.57. The molecular formula is C10H11F2NO. The van der Waals surface area contributed by atoms with Gasteiger partial charge in [0.1, 0.15) is 11.6 Å². The largest absolute Gasteiger partial charge is 0.391 e. The predicted octanol–water partition coefficient (Wildman–Crippen LogP) is 1.60. The number of hydrogen-bond acceptors (Lipinski definition) is 2. The van der Waals surface area contributed by atoms with Crippen molar-refractivity contribution in [2.24, 2.45) is 0 Å². The molecule has 0 amide bonds. The first-order chi connectivity index (χ1) is 6.59. The molecule has 0 aromatic heterocycles. The molecule has 76 valence electrons. The van der Waals surface area contributed by atoms with Crippen molar-refractivity contribution in [1.82, 2.24) is 0 Å². The van der Waals surface area contributed by atoms with Crippen LogP contribution in [-0.4, -0.2) is 17.8 Å². The van der Waals surface area contributed by atoms with Gasteiger partial charge in [0.15, 0.2) is 0 Å². The smallest absolute Gasteiger partial charge is 0.147 e. The molecule has 2 N–H and O–H groups in total. The Bertz CT molecular complexity index is 379. The van der Waals surface area contributed by atoms with E-state index in [9.17, 15) is 13.9 Å². The lowest BCUT2D eigenvalue weighted by Crippen LogP contribution is -2.29. The Labute approximate surface area is 80.6 Å². The van der Waals surface area contributed by atoms with Crippen molar-refractivity contribution < 1.29 is 13.9 Å². The van der Waals surface area contributed by atoms with Crippen LogP contribution in [0.4, 0.5) is 14.5 Å². The Hall–Kier alpha value is -1.16. The number of aliphatic hydroxyl groups excluding tert-OH is 1. The van der Waals surface area contributed by atoms with Gasteiger partial charge < -0.3 is 10.4 Å². The third-order valence-corrected chi connectivity index (χ3v) is 2.45. The number of anilines is 1. The van der Waals surface area contributed by atoms with Crippen LogP contribution in [0.25, 0.3) is 0 Å². The highest BCUT2D eigenvalue weighted by atomic mass is 19.1. The van der Waals surface area contributed by atoms with Crippen LogP contribution in [-0.2, 0) is 6.42 Å². The van der Waals surface area contributed by atoms with E-state index >= 15 is 0 Å². The van der Waals surface area contributed by atoms with Gasteiger partial charge in [-0.05, 0) is 18.6 Å². The summed E-state index contributed by atoms with van der Waals surface area (Å²) in [5.41, 5.74) is 0.719. The van der Waals surface area contributed by atoms with E-state index in [1.807, 2.05) is 0 Å². The van der Waals surface area contributed by atoms with E-state index in [1.165, 1.54) is 13.0 Å². The zero-order chi connectivity index (χ0) is 10.3. The lowest BCUT2D eigenvalue weighted by molar-refractivity contribution is 0.182. The molecule has 0 unspecified atom stereocenters. The highest BCUT2D eigenvalue weighted by Gasteiger charge is 2.23. The number of β-amino-alcohol motifs (C(OH)–C–C–N with tert-alkyl or cyclic N) is 1. The zero-order valence-corrected chi connectivity index (χ0v) is 7.77. The maximum absolute atomic E-state index is 13.5. The van der Waals surface area contributed by atoms with E-state index in [2.05, 4.69) is 5.32 Å². The summed E-state index contributed by atoms with van der Waals surface area (Å²) < 4.78 is 26.8. The maximum atomic E-state index is 13.5. The van der Waals surface area contributed by atoms with Gasteiger partial charge in [0.05, 0.1) is 11.8 Å². The van der Waals surface area contributed by atoms with Crippen LogP contribution in [0.1, 0.15) is 11.1 Å². The lowest BCUT2D eigenvalue weighted by Gasteiger charge is -2.24. The molecule has 0 fully saturated rings. The van der Waals surface area contributed by atoms with Crippen molar-refractivity contribution in [2.75, 3.05) is 11.9 Å². The van der Waals surface area contributed by atoms with E-state index in [1.54, 1.807) is 0 Å². The van der Waals surface area contributed by atoms with Crippen LogP contribution >= 0.6 is 0 Å². The summed E-state index contributed by atoms with van der Waals surface area (Å²) in [6.45, 7) is 1.78. The number of halogens is 2. The summed E-state index contributed by atoms with van der Waals surface area (Å²) in [5.74, 6) is -0.876. The molecule has 0 saturated heterocycles. The molecule has 14 heavy (non-hydrogen) atoms. The number of aryl methyl sites for hydroxylation is 1. The van der Waals surface area contributed by atoms with Gasteiger partial charge in [-0.1, -0.05) is 0 Å². The number of nitrogens with one attached hydrogen (secondary N) is 1. The quantitative estimate of drug-likeness (QED) is 0.665. The second kappa shape index (κ2) is 3.20. The van der Waals surface area contributed by atoms with Crippen LogP contribution in [0.2, 0.25) is 0 Å². The summed E-state index contributed by atoms with van der Waals surface area (Å²) in [6.07, 6.45) is -0.467. The second-order valence-corrected chi connectivity index (χ2v) is 3.58. The van der Waals surface area contributed by atoms with Gasteiger partial charge in [-0.15, -0.1) is 0 Å². The van der Waals surface area contributed by atoms with E-state index in [-0.39, 0.29) is 29.8 Å². The van der Waals surface area contributed by atoms with Crippen molar-refractivity contribution in [3.63, 3.8) is 0 Å². The van der Waals surface area contributed by atoms with Crippen molar-refractivity contribution in [3.05, 3.63) is 28.8 Å². The molecule has 1 aliphatic heterocycles. The van der Waals surface area contributed by atoms with E-state index < -0.39 is 17.7 Å². The van der Waals surface area contributed by atoms with Gasteiger partial charge in [-0.25, -0.2) is 8.78 Å². The normalized spacial score (nSPS) is 20.1. The summed E-state index contributed by atoms with van der Waals surface area (Å²) in [5, 5.41) is 12.0. The zero-order valence-electron chi connectivity index (χ0n) is 7.77. The first-order valence-corrected chi connectivity index (χ1v) is 4.49. The molecule has 0 radical (unpaired) electrons. The number of hydrogen-bond donors (Lipinski definition) is 2. The van der Waals surface area contributed by atoms with Crippen LogP contribution in [0.5, 0.6) is 0 Å². The number of aliphatic hydroxyl groups is 1. The summed E-state index contributed by atoms with van der Waals surface area (Å²) in [4.78, 5) is 0. The van der Waals surface area contributed by atoms with Gasteiger partial charge in [-0.2, -0.15) is 0 Å². The Morgan fingerprint density at radius 2 is 2.21 bits per heavy atom. The summed E-state index contributed by atoms with van der Waals surface area (Å²) in [7, 11) is 0. The Morgan fingerprint density at radius 1 is 1.50 bits per heavy atom. The van der Waals surface area contributed by atoms with Gasteiger partial charge in [0, 0.05) is 18.5 Å². The second-order valence-electron chi connectivity index (χ2n) is 3.58. The average molecular weight is 199 g/mol. The molecule has 0 aliphatic carbocycles. The van der Waals surface area contributed by atoms with Crippen LogP contribution in [0, 0.1) is 18.6 Å². The molecule has 0 bridgehead atoms. The maximum Gasteiger partial charge on any atom is 0.147 e. The molecule has 2 rings (SSSR count). The fourth-order valence-electron chi connectivity index (χ4n) is 1.73. The number of fused-ring (bicyclic) bond motifs is 1. The minimum atomic E-state index is -0.641. The summed E-state index contributed by atoms with van der Waals surface area (Å²) >= 11 is 0. The first kappa shape index (κ1) is 9.40. The Kier molecular flexibility index (Phi) is 2.15. The van der Waals surface area contributed by atoms with Crippen molar-refractivity contribution >= 4 is 5.69 Å². The molecule has 0 saturated carbocycles. The monoisotopic (exact) mass is 199 g/mol. The highest BCUT2D eigenvalue weighted by Crippen LogP contribution is 2.29. The predicted molar refractivity (Wildman–Crippen MR) is 49.3 cm³/mol. The molecule has 1 aromatic rings. The average Bonchev–Trinajstić information content (AvgIpc) is 2.14. The van der Waals surface area contributed by atoms with E-state index in [0.29, 0.717) is 0 Å². The minimum Gasteiger partial charge on any atom is -0.391 e. The molecular weight excluding hydrogens is 188 g/mol. The minimum absolute atomic E-state index is 0.173. The van der Waals surface area contributed by atoms with E-state index in [0.717, 1.165) is 0 Å². The third-order valence-electron chi connectivity index (χ3n) is 2.45. The van der Waals surface area contributed by atoms with Crippen LogP contribution in [0.3, 0.4) is 0 Å². The highest BCUT2D eigenvalue weighted by molar-refractivity contribution is 5.56. The molecule has 1 heterocycles. The molecule has 2 nitrogen and oxygen atoms in total. The van der Waals surface area contributed by atoms with E-state index in [4.69, 9.17) is 0 Å². The standard InChI is InChI=1S/C10H11F2NO/c1-5-2-8(11)10-7(9(5)12)3-6(14)4-13-10/h2,6,13-14H,3-4H2,1H3/t6-/m0/s1. The van der Waals surface area contributed by atoms with Crippen LogP contribution in [0.15, 0.2) is 6.07 Å². The topological polar surface area (TPSA) is 32.3 Å². The van der Waals surface area contributed by atoms with Gasteiger partial charge >= 0.3 is 0 Å². The lowest BCUT2D eigenvalue weighted by atomic mass is 9.98. The molecule has 0 spiro atoms. The molecule has 1 aromatic carbocycles. The van der Waals surface area contributed by atoms with Crippen molar-refractivity contribution in [3.8, 4) is 0 Å². The Morgan fingerprint density at radius 3 is 2.93 bits per heavy atom. The third kappa shape index (κ3) is 1.35. The van der Waals surface area contributed by atoms with Crippen molar-refractivity contribution in [2.45, 2.75) is 19.4 Å².